The van der Waals surface area contributed by atoms with E-state index >= 15 is 0 Å². The standard InChI is InChI=1S/C52H30/c1-5-13-7-2-6-14-21-18-10-4-12-20-22-23-19-11-3-9-17-16-8(1)31-15(5)25-28(13)26-27(7)24(6)32(14)38(21)34(18)30(10,12)36(20)39(22)40(23)35(19)29(9,11)33(17)37(16,31)47-41(25,31)44(28)42(26)43(27,32)48(38)46(34,36)49(39)50(40,45(33,35)47)52(44,47)51(42,48)49/h5-26H,1-4H2. The third-order valence-corrected chi connectivity index (χ3v) is 45.7. The molecule has 238 valence electrons. The molecule has 0 nitrogen and oxygen atoms in total. The fourth-order valence-electron chi connectivity index (χ4n) is 59.1. The third-order valence-electron chi connectivity index (χ3n) is 45.7. The Hall–Kier alpha value is 0. The van der Waals surface area contributed by atoms with Crippen LogP contribution < -0.4 is 0 Å². The minimum atomic E-state index is 1.08. The summed E-state index contributed by atoms with van der Waals surface area (Å²) in [5.74, 6) is 30.9. The molecule has 38 aliphatic carbocycles. The van der Waals surface area contributed by atoms with Crippen molar-refractivity contribution in [2.24, 2.45) is 271 Å². The summed E-state index contributed by atoms with van der Waals surface area (Å²) in [7, 11) is 0. The Balaban J connectivity index is 0.888. The number of hydrogen-bond acceptors (Lipinski definition) is 0. The maximum Gasteiger partial charge on any atom is -0.000103 e. The van der Waals surface area contributed by atoms with Gasteiger partial charge in [-0.1, -0.05) is 0 Å². The van der Waals surface area contributed by atoms with Gasteiger partial charge in [-0.25, -0.2) is 0 Å². The highest BCUT2D eigenvalue weighted by Gasteiger charge is 3.73. The third kappa shape index (κ3) is 0.347. The van der Waals surface area contributed by atoms with E-state index in [1.54, 1.807) is 0 Å². The zero-order valence-corrected chi connectivity index (χ0v) is 28.5. The molecule has 0 N–H and O–H groups in total. The van der Waals surface area contributed by atoms with Gasteiger partial charge in [0.15, 0.2) is 0 Å². The molecule has 0 radical (unpaired) electrons. The van der Waals surface area contributed by atoms with E-state index in [0.717, 1.165) is 141 Å². The summed E-state index contributed by atoms with van der Waals surface area (Å²) in [5, 5.41) is 0. The second kappa shape index (κ2) is 2.50. The molecular weight excluding hydrogens is 625 g/mol. The van der Waals surface area contributed by atoms with Crippen LogP contribution in [0.25, 0.3) is 0 Å². The Kier molecular flexibility index (Phi) is 0.820. The van der Waals surface area contributed by atoms with Gasteiger partial charge in [0.05, 0.1) is 0 Å². The molecule has 0 amide bonds. The fourth-order valence-corrected chi connectivity index (χ4v) is 59.1. The Bertz CT molecular complexity index is 3530. The van der Waals surface area contributed by atoms with Crippen molar-refractivity contribution in [2.45, 2.75) is 25.7 Å². The zero-order valence-electron chi connectivity index (χ0n) is 28.5. The van der Waals surface area contributed by atoms with Crippen LogP contribution in [0.2, 0.25) is 0 Å². The van der Waals surface area contributed by atoms with Crippen molar-refractivity contribution in [3.8, 4) is 0 Å². The first-order valence-corrected chi connectivity index (χ1v) is 25.9. The second-order valence-electron chi connectivity index (χ2n) is 34.0. The molecule has 38 rings (SSSR count). The molecule has 48 atom stereocenters. The molecule has 0 aliphatic heterocycles. The van der Waals surface area contributed by atoms with Crippen molar-refractivity contribution in [3.63, 3.8) is 0 Å². The van der Waals surface area contributed by atoms with Gasteiger partial charge in [-0.3, -0.25) is 0 Å². The lowest BCUT2D eigenvalue weighted by Gasteiger charge is -3.69. The minimum absolute atomic E-state index is 1.08. The predicted octanol–water partition coefficient (Wildman–Crippen LogP) is 4.27. The summed E-state index contributed by atoms with van der Waals surface area (Å²) >= 11 is 0. The molecule has 52 heavy (non-hydrogen) atoms. The summed E-state index contributed by atoms with van der Waals surface area (Å²) in [6, 6.07) is 0. The molecule has 38 fully saturated rings. The van der Waals surface area contributed by atoms with Crippen LogP contribution in [0.5, 0.6) is 0 Å². The molecule has 38 saturated carbocycles. The van der Waals surface area contributed by atoms with Gasteiger partial charge in [-0.15, -0.1) is 0 Å². The highest BCUT2D eigenvalue weighted by Crippen LogP contribution is 3.73. The molecule has 38 aliphatic rings. The van der Waals surface area contributed by atoms with Crippen LogP contribution in [-0.4, -0.2) is 0 Å². The van der Waals surface area contributed by atoms with E-state index in [1.807, 2.05) is 25.7 Å². The quantitative estimate of drug-likeness (QED) is 0.367. The Morgan fingerprint density at radius 2 is 0.788 bits per heavy atom. The lowest BCUT2D eigenvalue weighted by atomic mass is 8.33. The molecule has 0 heteroatoms. The summed E-state index contributed by atoms with van der Waals surface area (Å²) < 4.78 is 0. The first-order valence-electron chi connectivity index (χ1n) is 25.9. The van der Waals surface area contributed by atoms with Crippen molar-refractivity contribution in [2.75, 3.05) is 0 Å². The van der Waals surface area contributed by atoms with Gasteiger partial charge in [-0.2, -0.15) is 0 Å². The van der Waals surface area contributed by atoms with Gasteiger partial charge in [0.2, 0.25) is 0 Å². The predicted molar refractivity (Wildman–Crippen MR) is 159 cm³/mol. The van der Waals surface area contributed by atoms with E-state index in [-0.39, 0.29) is 0 Å². The Morgan fingerprint density at radius 1 is 0.250 bits per heavy atom. The molecule has 0 saturated heterocycles. The molecule has 0 bridgehead atoms. The normalized spacial score (nSPS) is 144. The van der Waals surface area contributed by atoms with Crippen LogP contribution in [-0.2, 0) is 0 Å². The molecule has 0 aromatic rings. The summed E-state index contributed by atoms with van der Waals surface area (Å²) in [6.45, 7) is 0. The first-order chi connectivity index (χ1) is 25.9. The fraction of sp³-hybridized carbons (Fsp3) is 1.00. The summed E-state index contributed by atoms with van der Waals surface area (Å²) in [6.07, 6.45) is 7.57. The van der Waals surface area contributed by atoms with E-state index in [0.29, 0.717) is 0 Å². The maximum absolute atomic E-state index is 1.93. The molecule has 0 aromatic carbocycles. The van der Waals surface area contributed by atoms with E-state index in [4.69, 9.17) is 0 Å². The zero-order chi connectivity index (χ0) is 28.5. The SMILES string of the molecule is C1C2C3C4C5C6CC7C8C9C%10C%11C%12CC%13C%14C%15C%16CC%17C%18C1C1%19C2C32C43C54C67C85C96C%107C%118C%13%12C%149C%15%10C%16%11C%17C%12C%18%13C1C1%14C%192C32C45C63C74C98C%105C%12%11C%131C54C%1423. The molecule has 26 spiro atoms. The smallest absolute Gasteiger partial charge is 0.000103 e. The van der Waals surface area contributed by atoms with E-state index in [2.05, 4.69) is 0 Å². The average molecular weight is 655 g/mol. The Labute approximate surface area is 295 Å². The Morgan fingerprint density at radius 3 is 1.56 bits per heavy atom. The van der Waals surface area contributed by atoms with Crippen LogP contribution in [0.3, 0.4) is 0 Å². The van der Waals surface area contributed by atoms with Crippen LogP contribution in [0.15, 0.2) is 0 Å². The monoisotopic (exact) mass is 654 g/mol. The number of hydrogen-bond donors (Lipinski definition) is 0. The molecular formula is C52H30. The highest BCUT2D eigenvalue weighted by atomic mass is 15.7. The van der Waals surface area contributed by atoms with Crippen LogP contribution in [0.4, 0.5) is 0 Å². The summed E-state index contributed by atoms with van der Waals surface area (Å²) in [4.78, 5) is 0. The van der Waals surface area contributed by atoms with Crippen LogP contribution in [0, 0.1) is 271 Å². The molecule has 48 unspecified atom stereocenters. The highest BCUT2D eigenvalue weighted by molar-refractivity contribution is 6.17. The van der Waals surface area contributed by atoms with Gasteiger partial charge < -0.3 is 0 Å². The van der Waals surface area contributed by atoms with E-state index in [1.165, 1.54) is 130 Å². The van der Waals surface area contributed by atoms with Gasteiger partial charge in [0.25, 0.3) is 0 Å². The van der Waals surface area contributed by atoms with Gasteiger partial charge in [0, 0.05) is 0 Å². The van der Waals surface area contributed by atoms with Crippen molar-refractivity contribution >= 4 is 0 Å². The van der Waals surface area contributed by atoms with E-state index < -0.39 is 0 Å². The number of fused-ring (bicyclic) bond motifs is 14. The van der Waals surface area contributed by atoms with Crippen molar-refractivity contribution in [3.05, 3.63) is 0 Å². The molecule has 0 heterocycles. The summed E-state index contributed by atoms with van der Waals surface area (Å²) in [5.41, 5.74) is 29.4. The number of rotatable bonds is 0. The lowest BCUT2D eigenvalue weighted by molar-refractivity contribution is -1.25. The van der Waals surface area contributed by atoms with Gasteiger partial charge in [0.1, 0.15) is 0 Å². The molecule has 0 aromatic heterocycles. The first kappa shape index (κ1) is 17.1. The van der Waals surface area contributed by atoms with E-state index in [9.17, 15) is 0 Å². The van der Waals surface area contributed by atoms with Crippen LogP contribution >= 0.6 is 0 Å². The average Bonchev–Trinajstić information content (AvgIpc) is 3.57. The largest absolute Gasteiger partial charge is 0.0461 e. The van der Waals surface area contributed by atoms with Gasteiger partial charge >= 0.3 is 0 Å². The minimum Gasteiger partial charge on any atom is -0.0461 e. The van der Waals surface area contributed by atoms with Gasteiger partial charge in [-0.05, 0) is 297 Å². The maximum atomic E-state index is 1.93. The van der Waals surface area contributed by atoms with Crippen LogP contribution in [0.1, 0.15) is 25.7 Å². The lowest BCUT2D eigenvalue weighted by Crippen LogP contribution is -3.68. The van der Waals surface area contributed by atoms with Crippen molar-refractivity contribution in [1.82, 2.24) is 0 Å². The topological polar surface area (TPSA) is 0 Å². The second-order valence-corrected chi connectivity index (χ2v) is 34.0. The van der Waals surface area contributed by atoms with Crippen molar-refractivity contribution in [1.29, 1.82) is 0 Å². The van der Waals surface area contributed by atoms with Crippen molar-refractivity contribution < 1.29 is 0 Å².